The van der Waals surface area contributed by atoms with Crippen molar-refractivity contribution in [2.45, 2.75) is 38.7 Å². The number of benzene rings is 1. The molecule has 23 heavy (non-hydrogen) atoms. The van der Waals surface area contributed by atoms with Gasteiger partial charge in [-0.05, 0) is 49.9 Å². The Labute approximate surface area is 143 Å². The SMILES string of the molecule is CC(Cc1ccc(Cl)cc1)C(=O)NCCCN1CCC(O)CC1. The average molecular weight is 339 g/mol. The van der Waals surface area contributed by atoms with Crippen molar-refractivity contribution in [3.05, 3.63) is 34.9 Å². The standard InChI is InChI=1S/C18H27ClN2O2/c1-14(13-15-3-5-16(19)6-4-15)18(23)20-9-2-10-21-11-7-17(22)8-12-21/h3-6,14,17,22H,2,7-13H2,1H3,(H,20,23). The van der Waals surface area contributed by atoms with Crippen molar-refractivity contribution >= 4 is 17.5 Å². The van der Waals surface area contributed by atoms with Gasteiger partial charge in [-0.2, -0.15) is 0 Å². The molecule has 1 aliphatic heterocycles. The molecule has 0 spiro atoms. The minimum atomic E-state index is -0.125. The molecule has 1 amide bonds. The Morgan fingerprint density at radius 1 is 1.35 bits per heavy atom. The van der Waals surface area contributed by atoms with Crippen LogP contribution < -0.4 is 5.32 Å². The number of piperidine rings is 1. The third-order valence-electron chi connectivity index (χ3n) is 4.41. The molecular weight excluding hydrogens is 312 g/mol. The van der Waals surface area contributed by atoms with E-state index in [0.29, 0.717) is 6.54 Å². The van der Waals surface area contributed by atoms with Crippen LogP contribution in [0.3, 0.4) is 0 Å². The van der Waals surface area contributed by atoms with Gasteiger partial charge in [-0.3, -0.25) is 4.79 Å². The molecule has 2 rings (SSSR count). The summed E-state index contributed by atoms with van der Waals surface area (Å²) < 4.78 is 0. The van der Waals surface area contributed by atoms with Gasteiger partial charge >= 0.3 is 0 Å². The number of carbonyl (C=O) groups is 1. The number of carbonyl (C=O) groups excluding carboxylic acids is 1. The quantitative estimate of drug-likeness (QED) is 0.751. The van der Waals surface area contributed by atoms with Crippen molar-refractivity contribution < 1.29 is 9.90 Å². The lowest BCUT2D eigenvalue weighted by Crippen LogP contribution is -2.38. The summed E-state index contributed by atoms with van der Waals surface area (Å²) in [5.74, 6) is 0.0651. The summed E-state index contributed by atoms with van der Waals surface area (Å²) in [5.41, 5.74) is 1.13. The highest BCUT2D eigenvalue weighted by atomic mass is 35.5. The minimum Gasteiger partial charge on any atom is -0.393 e. The average Bonchev–Trinajstić information content (AvgIpc) is 2.55. The van der Waals surface area contributed by atoms with Crippen molar-refractivity contribution in [3.63, 3.8) is 0 Å². The number of halogens is 1. The smallest absolute Gasteiger partial charge is 0.223 e. The first kappa shape index (κ1) is 18.2. The second-order valence-corrected chi connectivity index (χ2v) is 6.89. The summed E-state index contributed by atoms with van der Waals surface area (Å²) in [6.07, 6.45) is 3.29. The minimum absolute atomic E-state index is 0.0405. The number of nitrogens with one attached hydrogen (secondary N) is 1. The van der Waals surface area contributed by atoms with E-state index in [1.165, 1.54) is 0 Å². The lowest BCUT2D eigenvalue weighted by atomic mass is 10.0. The van der Waals surface area contributed by atoms with Gasteiger partial charge in [0.05, 0.1) is 6.10 Å². The summed E-state index contributed by atoms with van der Waals surface area (Å²) >= 11 is 5.87. The zero-order valence-electron chi connectivity index (χ0n) is 13.8. The van der Waals surface area contributed by atoms with Crippen LogP contribution in [0.5, 0.6) is 0 Å². The van der Waals surface area contributed by atoms with Crippen LogP contribution in [0.15, 0.2) is 24.3 Å². The van der Waals surface area contributed by atoms with Gasteiger partial charge in [-0.15, -0.1) is 0 Å². The lowest BCUT2D eigenvalue weighted by molar-refractivity contribution is -0.124. The van der Waals surface area contributed by atoms with Gasteiger partial charge in [0.15, 0.2) is 0 Å². The lowest BCUT2D eigenvalue weighted by Gasteiger charge is -2.29. The zero-order chi connectivity index (χ0) is 16.7. The first-order chi connectivity index (χ1) is 11.0. The molecule has 2 N–H and O–H groups in total. The van der Waals surface area contributed by atoms with Crippen LogP contribution in [-0.4, -0.2) is 48.2 Å². The summed E-state index contributed by atoms with van der Waals surface area (Å²) in [6.45, 7) is 5.57. The molecule has 1 fully saturated rings. The molecule has 5 heteroatoms. The largest absolute Gasteiger partial charge is 0.393 e. The van der Waals surface area contributed by atoms with E-state index in [9.17, 15) is 9.90 Å². The van der Waals surface area contributed by atoms with Gasteiger partial charge in [0.25, 0.3) is 0 Å². The van der Waals surface area contributed by atoms with Crippen LogP contribution in [0.25, 0.3) is 0 Å². The van der Waals surface area contributed by atoms with Crippen molar-refractivity contribution in [2.75, 3.05) is 26.2 Å². The maximum absolute atomic E-state index is 12.1. The van der Waals surface area contributed by atoms with Crippen LogP contribution in [-0.2, 0) is 11.2 Å². The fourth-order valence-corrected chi connectivity index (χ4v) is 3.02. The summed E-state index contributed by atoms with van der Waals surface area (Å²) in [6, 6.07) is 7.65. The number of hydrogen-bond acceptors (Lipinski definition) is 3. The molecule has 128 valence electrons. The van der Waals surface area contributed by atoms with E-state index in [-0.39, 0.29) is 17.9 Å². The van der Waals surface area contributed by atoms with Crippen molar-refractivity contribution in [1.29, 1.82) is 0 Å². The Hall–Kier alpha value is -1.10. The van der Waals surface area contributed by atoms with Crippen molar-refractivity contribution in [3.8, 4) is 0 Å². The molecule has 1 aliphatic rings. The van der Waals surface area contributed by atoms with Crippen LogP contribution in [0.4, 0.5) is 0 Å². The normalized spacial score (nSPS) is 17.9. The topological polar surface area (TPSA) is 52.6 Å². The predicted molar refractivity (Wildman–Crippen MR) is 93.6 cm³/mol. The van der Waals surface area contributed by atoms with E-state index < -0.39 is 0 Å². The van der Waals surface area contributed by atoms with E-state index in [4.69, 9.17) is 11.6 Å². The number of likely N-dealkylation sites (tertiary alicyclic amines) is 1. The van der Waals surface area contributed by atoms with Crippen LogP contribution >= 0.6 is 11.6 Å². The van der Waals surface area contributed by atoms with Crippen LogP contribution in [0.2, 0.25) is 5.02 Å². The van der Waals surface area contributed by atoms with Gasteiger partial charge in [0.2, 0.25) is 5.91 Å². The van der Waals surface area contributed by atoms with Gasteiger partial charge in [0, 0.05) is 30.6 Å². The number of aliphatic hydroxyl groups excluding tert-OH is 1. The second kappa shape index (κ2) is 9.26. The number of rotatable bonds is 7. The van der Waals surface area contributed by atoms with Crippen LogP contribution in [0, 0.1) is 5.92 Å². The van der Waals surface area contributed by atoms with E-state index in [1.807, 2.05) is 31.2 Å². The Morgan fingerprint density at radius 2 is 2.00 bits per heavy atom. The maximum Gasteiger partial charge on any atom is 0.223 e. The van der Waals surface area contributed by atoms with E-state index in [2.05, 4.69) is 10.2 Å². The van der Waals surface area contributed by atoms with Gasteiger partial charge in [0.1, 0.15) is 0 Å². The highest BCUT2D eigenvalue weighted by Crippen LogP contribution is 2.13. The predicted octanol–water partition coefficient (Wildman–Crippen LogP) is 2.48. The monoisotopic (exact) mass is 338 g/mol. The Bertz CT molecular complexity index is 484. The first-order valence-electron chi connectivity index (χ1n) is 8.47. The Kier molecular flexibility index (Phi) is 7.34. The van der Waals surface area contributed by atoms with Gasteiger partial charge in [-0.25, -0.2) is 0 Å². The highest BCUT2D eigenvalue weighted by Gasteiger charge is 2.17. The molecular formula is C18H27ClN2O2. The molecule has 1 heterocycles. The van der Waals surface area contributed by atoms with E-state index in [1.54, 1.807) is 0 Å². The van der Waals surface area contributed by atoms with Gasteiger partial charge < -0.3 is 15.3 Å². The fraction of sp³-hybridized carbons (Fsp3) is 0.611. The Morgan fingerprint density at radius 3 is 2.65 bits per heavy atom. The molecule has 1 atom stereocenters. The molecule has 1 aromatic rings. The molecule has 0 radical (unpaired) electrons. The number of nitrogens with zero attached hydrogens (tertiary/aromatic N) is 1. The number of hydrogen-bond donors (Lipinski definition) is 2. The molecule has 1 unspecified atom stereocenters. The van der Waals surface area contributed by atoms with Gasteiger partial charge in [-0.1, -0.05) is 30.7 Å². The second-order valence-electron chi connectivity index (χ2n) is 6.45. The van der Waals surface area contributed by atoms with E-state index >= 15 is 0 Å². The summed E-state index contributed by atoms with van der Waals surface area (Å²) in [7, 11) is 0. The summed E-state index contributed by atoms with van der Waals surface area (Å²) in [4.78, 5) is 14.5. The third-order valence-corrected chi connectivity index (χ3v) is 4.66. The molecule has 0 bridgehead atoms. The Balaban J connectivity index is 1.61. The molecule has 1 saturated heterocycles. The van der Waals surface area contributed by atoms with Crippen LogP contribution in [0.1, 0.15) is 31.7 Å². The van der Waals surface area contributed by atoms with Crippen molar-refractivity contribution in [2.24, 2.45) is 5.92 Å². The summed E-state index contributed by atoms with van der Waals surface area (Å²) in [5, 5.41) is 13.2. The zero-order valence-corrected chi connectivity index (χ0v) is 14.6. The molecule has 0 saturated carbocycles. The molecule has 4 nitrogen and oxygen atoms in total. The van der Waals surface area contributed by atoms with E-state index in [0.717, 1.165) is 55.9 Å². The van der Waals surface area contributed by atoms with Crippen molar-refractivity contribution in [1.82, 2.24) is 10.2 Å². The number of aliphatic hydroxyl groups is 1. The number of amides is 1. The molecule has 0 aliphatic carbocycles. The highest BCUT2D eigenvalue weighted by molar-refractivity contribution is 6.30. The fourth-order valence-electron chi connectivity index (χ4n) is 2.90. The first-order valence-corrected chi connectivity index (χ1v) is 8.85. The molecule has 0 aromatic heterocycles. The third kappa shape index (κ3) is 6.50. The molecule has 1 aromatic carbocycles. The maximum atomic E-state index is 12.1.